The van der Waals surface area contributed by atoms with Crippen LogP contribution >= 0.6 is 0 Å². The highest BCUT2D eigenvalue weighted by Gasteiger charge is 2.22. The molecule has 1 N–H and O–H groups in total. The molecule has 1 saturated heterocycles. The van der Waals surface area contributed by atoms with Gasteiger partial charge in [0.05, 0.1) is 0 Å². The van der Waals surface area contributed by atoms with Crippen molar-refractivity contribution >= 4 is 11.7 Å². The van der Waals surface area contributed by atoms with Crippen LogP contribution in [0.1, 0.15) is 62.1 Å². The fraction of sp³-hybridized carbons (Fsp3) is 0.579. The summed E-state index contributed by atoms with van der Waals surface area (Å²) in [6.07, 6.45) is 11.1. The van der Waals surface area contributed by atoms with Crippen molar-refractivity contribution in [3.63, 3.8) is 0 Å². The average molecular weight is 355 g/mol. The highest BCUT2D eigenvalue weighted by molar-refractivity contribution is 5.90. The van der Waals surface area contributed by atoms with E-state index < -0.39 is 0 Å². The van der Waals surface area contributed by atoms with Gasteiger partial charge in [-0.15, -0.1) is 0 Å². The summed E-state index contributed by atoms with van der Waals surface area (Å²) in [4.78, 5) is 23.4. The Balaban J connectivity index is 1.46. The van der Waals surface area contributed by atoms with E-state index in [2.05, 4.69) is 25.3 Å². The van der Waals surface area contributed by atoms with Gasteiger partial charge in [-0.1, -0.05) is 24.4 Å². The lowest BCUT2D eigenvalue weighted by Gasteiger charge is -2.27. The highest BCUT2D eigenvalue weighted by atomic mass is 16.5. The number of rotatable bonds is 4. The van der Waals surface area contributed by atoms with E-state index in [4.69, 9.17) is 4.52 Å². The smallest absolute Gasteiger partial charge is 0.316 e. The van der Waals surface area contributed by atoms with Crippen molar-refractivity contribution in [1.29, 1.82) is 0 Å². The summed E-state index contributed by atoms with van der Waals surface area (Å²) in [7, 11) is 0. The second kappa shape index (κ2) is 7.85. The number of aromatic nitrogens is 3. The van der Waals surface area contributed by atoms with Gasteiger partial charge in [0.25, 0.3) is 0 Å². The number of carbonyl (C=O) groups excluding carboxylic acids is 1. The first-order chi connectivity index (χ1) is 12.8. The summed E-state index contributed by atoms with van der Waals surface area (Å²) in [6, 6.07) is 4.04. The first-order valence-electron chi connectivity index (χ1n) is 9.65. The molecule has 138 valence electrons. The molecule has 0 spiro atoms. The fourth-order valence-electron chi connectivity index (χ4n) is 3.78. The second-order valence-electron chi connectivity index (χ2n) is 7.18. The van der Waals surface area contributed by atoms with Crippen LogP contribution in [0.5, 0.6) is 0 Å². The van der Waals surface area contributed by atoms with Crippen LogP contribution in [0.25, 0.3) is 11.4 Å². The molecular weight excluding hydrogens is 330 g/mol. The van der Waals surface area contributed by atoms with E-state index in [1.165, 1.54) is 25.7 Å². The number of amides is 1. The molecule has 1 amide bonds. The van der Waals surface area contributed by atoms with Crippen molar-refractivity contribution in [2.75, 3.05) is 18.0 Å². The van der Waals surface area contributed by atoms with E-state index in [1.54, 1.807) is 6.20 Å². The molecule has 0 bridgehead atoms. The lowest BCUT2D eigenvalue weighted by Crippen LogP contribution is -2.36. The molecule has 1 saturated carbocycles. The minimum Gasteiger partial charge on any atom is -0.357 e. The number of nitrogens with one attached hydrogen (secondary N) is 1. The summed E-state index contributed by atoms with van der Waals surface area (Å²) >= 11 is 0. The lowest BCUT2D eigenvalue weighted by molar-refractivity contribution is 0.0883. The Kier molecular flexibility index (Phi) is 5.13. The third kappa shape index (κ3) is 3.86. The van der Waals surface area contributed by atoms with Crippen molar-refractivity contribution in [3.05, 3.63) is 24.2 Å². The van der Waals surface area contributed by atoms with Crippen LogP contribution in [0, 0.1) is 0 Å². The van der Waals surface area contributed by atoms with Crippen molar-refractivity contribution in [1.82, 2.24) is 20.4 Å². The second-order valence-corrected chi connectivity index (χ2v) is 7.18. The van der Waals surface area contributed by atoms with Crippen molar-refractivity contribution in [2.45, 2.75) is 57.4 Å². The SMILES string of the molecule is O=C(NC1CCCCC1)c1nc(-c2ccnc(N3CCCCC3)c2)no1. The van der Waals surface area contributed by atoms with E-state index >= 15 is 0 Å². The van der Waals surface area contributed by atoms with Gasteiger partial charge in [0, 0.05) is 30.9 Å². The number of nitrogens with zero attached hydrogens (tertiary/aromatic N) is 4. The predicted molar refractivity (Wildman–Crippen MR) is 97.9 cm³/mol. The van der Waals surface area contributed by atoms with Crippen LogP contribution in [0.15, 0.2) is 22.9 Å². The number of pyridine rings is 1. The topological polar surface area (TPSA) is 84.2 Å². The fourth-order valence-corrected chi connectivity index (χ4v) is 3.78. The van der Waals surface area contributed by atoms with Crippen LogP contribution < -0.4 is 10.2 Å². The van der Waals surface area contributed by atoms with Gasteiger partial charge in [0.15, 0.2) is 0 Å². The summed E-state index contributed by atoms with van der Waals surface area (Å²) in [5.41, 5.74) is 0.820. The van der Waals surface area contributed by atoms with E-state index in [1.807, 2.05) is 12.1 Å². The molecule has 3 heterocycles. The molecule has 1 aliphatic heterocycles. The molecule has 2 aliphatic rings. The number of carbonyl (C=O) groups is 1. The molecule has 0 unspecified atom stereocenters. The Bertz CT molecular complexity index is 748. The number of hydrogen-bond donors (Lipinski definition) is 1. The van der Waals surface area contributed by atoms with Crippen LogP contribution in [0.2, 0.25) is 0 Å². The summed E-state index contributed by atoms with van der Waals surface area (Å²) < 4.78 is 5.20. The molecule has 2 aromatic heterocycles. The van der Waals surface area contributed by atoms with Gasteiger partial charge in [-0.2, -0.15) is 4.98 Å². The summed E-state index contributed by atoms with van der Waals surface area (Å²) in [5, 5.41) is 7.00. The molecule has 2 fully saturated rings. The maximum absolute atomic E-state index is 12.3. The van der Waals surface area contributed by atoms with E-state index in [0.717, 1.165) is 50.2 Å². The van der Waals surface area contributed by atoms with Crippen molar-refractivity contribution in [2.24, 2.45) is 0 Å². The minimum absolute atomic E-state index is 0.0295. The molecule has 26 heavy (non-hydrogen) atoms. The molecule has 4 rings (SSSR count). The van der Waals surface area contributed by atoms with Crippen LogP contribution in [0.4, 0.5) is 5.82 Å². The van der Waals surface area contributed by atoms with E-state index in [9.17, 15) is 4.79 Å². The quantitative estimate of drug-likeness (QED) is 0.907. The van der Waals surface area contributed by atoms with E-state index in [0.29, 0.717) is 5.82 Å². The number of hydrogen-bond acceptors (Lipinski definition) is 6. The van der Waals surface area contributed by atoms with Crippen molar-refractivity contribution < 1.29 is 9.32 Å². The van der Waals surface area contributed by atoms with Gasteiger partial charge in [0.2, 0.25) is 5.82 Å². The molecule has 1 aliphatic carbocycles. The zero-order chi connectivity index (χ0) is 17.8. The monoisotopic (exact) mass is 355 g/mol. The molecule has 0 atom stereocenters. The van der Waals surface area contributed by atoms with Crippen molar-refractivity contribution in [3.8, 4) is 11.4 Å². The Labute approximate surface area is 153 Å². The molecule has 0 aromatic carbocycles. The van der Waals surface area contributed by atoms with Gasteiger partial charge in [-0.25, -0.2) is 4.98 Å². The first kappa shape index (κ1) is 17.0. The zero-order valence-electron chi connectivity index (χ0n) is 15.0. The summed E-state index contributed by atoms with van der Waals surface area (Å²) in [5.74, 6) is 1.11. The molecule has 2 aromatic rings. The maximum atomic E-state index is 12.3. The maximum Gasteiger partial charge on any atom is 0.316 e. The Morgan fingerprint density at radius 3 is 2.69 bits per heavy atom. The van der Waals surface area contributed by atoms with Crippen LogP contribution in [-0.2, 0) is 0 Å². The Morgan fingerprint density at radius 1 is 1.12 bits per heavy atom. The van der Waals surface area contributed by atoms with E-state index in [-0.39, 0.29) is 17.8 Å². The van der Waals surface area contributed by atoms with Gasteiger partial charge in [-0.3, -0.25) is 4.79 Å². The Hall–Kier alpha value is -2.44. The molecule has 7 heteroatoms. The first-order valence-corrected chi connectivity index (χ1v) is 9.65. The zero-order valence-corrected chi connectivity index (χ0v) is 15.0. The van der Waals surface area contributed by atoms with Crippen LogP contribution in [0.3, 0.4) is 0 Å². The van der Waals surface area contributed by atoms with Gasteiger partial charge in [-0.05, 0) is 44.2 Å². The third-order valence-corrected chi connectivity index (χ3v) is 5.24. The minimum atomic E-state index is -0.277. The van der Waals surface area contributed by atoms with Crippen LogP contribution in [-0.4, -0.2) is 40.2 Å². The van der Waals surface area contributed by atoms with Gasteiger partial charge in [0.1, 0.15) is 5.82 Å². The molecular formula is C19H25N5O2. The molecule has 0 radical (unpaired) electrons. The summed E-state index contributed by atoms with van der Waals surface area (Å²) in [6.45, 7) is 2.05. The third-order valence-electron chi connectivity index (χ3n) is 5.24. The largest absolute Gasteiger partial charge is 0.357 e. The normalized spacial score (nSPS) is 18.7. The average Bonchev–Trinajstić information content (AvgIpc) is 3.20. The molecule has 7 nitrogen and oxygen atoms in total. The van der Waals surface area contributed by atoms with Gasteiger partial charge < -0.3 is 14.7 Å². The Morgan fingerprint density at radius 2 is 1.88 bits per heavy atom. The highest BCUT2D eigenvalue weighted by Crippen LogP contribution is 2.23. The standard InChI is InChI=1S/C19H25N5O2/c25-18(21-15-7-3-1-4-8-15)19-22-17(23-26-19)14-9-10-20-16(13-14)24-11-5-2-6-12-24/h9-10,13,15H,1-8,11-12H2,(H,21,25). The lowest BCUT2D eigenvalue weighted by atomic mass is 9.95. The van der Waals surface area contributed by atoms with Gasteiger partial charge >= 0.3 is 11.8 Å². The number of anilines is 1. The predicted octanol–water partition coefficient (Wildman–Crippen LogP) is 3.18. The number of piperidine rings is 1.